The summed E-state index contributed by atoms with van der Waals surface area (Å²) in [6.07, 6.45) is 1.87. The zero-order valence-corrected chi connectivity index (χ0v) is 10.3. The van der Waals surface area contributed by atoms with Gasteiger partial charge >= 0.3 is 0 Å². The van der Waals surface area contributed by atoms with E-state index in [2.05, 4.69) is 10.4 Å². The lowest BCUT2D eigenvalue weighted by molar-refractivity contribution is -0.385. The summed E-state index contributed by atoms with van der Waals surface area (Å²) in [5.41, 5.74) is 2.56. The van der Waals surface area contributed by atoms with Crippen molar-refractivity contribution in [3.05, 3.63) is 51.8 Å². The van der Waals surface area contributed by atoms with E-state index in [4.69, 9.17) is 0 Å². The van der Waals surface area contributed by atoms with E-state index in [0.29, 0.717) is 12.1 Å². The van der Waals surface area contributed by atoms with E-state index in [0.717, 1.165) is 11.4 Å². The van der Waals surface area contributed by atoms with E-state index in [9.17, 15) is 10.1 Å². The quantitative estimate of drug-likeness (QED) is 0.663. The number of benzene rings is 1. The lowest BCUT2D eigenvalue weighted by Gasteiger charge is -2.05. The Bertz CT molecular complexity index is 577. The predicted molar refractivity (Wildman–Crippen MR) is 68.4 cm³/mol. The average molecular weight is 246 g/mol. The number of hydrogen-bond donors (Lipinski definition) is 1. The molecule has 0 aliphatic rings. The SMILES string of the molecule is Cc1cc(NCc2ccn(C)n2)ccc1[N+](=O)[O-]. The maximum Gasteiger partial charge on any atom is 0.272 e. The van der Waals surface area contributed by atoms with E-state index in [-0.39, 0.29) is 10.6 Å². The van der Waals surface area contributed by atoms with Gasteiger partial charge < -0.3 is 5.32 Å². The van der Waals surface area contributed by atoms with E-state index in [1.54, 1.807) is 23.7 Å². The lowest BCUT2D eigenvalue weighted by Crippen LogP contribution is -2.02. The third-order valence-electron chi connectivity index (χ3n) is 2.64. The van der Waals surface area contributed by atoms with Gasteiger partial charge in [0, 0.05) is 30.6 Å². The molecular formula is C12H14N4O2. The summed E-state index contributed by atoms with van der Waals surface area (Å²) < 4.78 is 1.73. The standard InChI is InChI=1S/C12H14N4O2/c1-9-7-10(3-4-12(9)16(17)18)13-8-11-5-6-15(2)14-11/h3-7,13H,8H2,1-2H3. The van der Waals surface area contributed by atoms with Crippen LogP contribution in [0.2, 0.25) is 0 Å². The van der Waals surface area contributed by atoms with Crippen molar-refractivity contribution in [3.8, 4) is 0 Å². The highest BCUT2D eigenvalue weighted by molar-refractivity contribution is 5.53. The number of nitrogens with zero attached hydrogens (tertiary/aromatic N) is 3. The molecule has 18 heavy (non-hydrogen) atoms. The van der Waals surface area contributed by atoms with Crippen LogP contribution >= 0.6 is 0 Å². The van der Waals surface area contributed by atoms with Crippen molar-refractivity contribution in [1.82, 2.24) is 9.78 Å². The Balaban J connectivity index is 2.06. The molecule has 0 fully saturated rings. The summed E-state index contributed by atoms with van der Waals surface area (Å²) in [7, 11) is 1.86. The maximum atomic E-state index is 10.7. The van der Waals surface area contributed by atoms with Crippen LogP contribution in [0.15, 0.2) is 30.5 Å². The number of anilines is 1. The summed E-state index contributed by atoms with van der Waals surface area (Å²) in [5.74, 6) is 0. The zero-order chi connectivity index (χ0) is 13.1. The molecule has 2 rings (SSSR count). The topological polar surface area (TPSA) is 73.0 Å². The minimum Gasteiger partial charge on any atom is -0.379 e. The molecule has 0 amide bonds. The van der Waals surface area contributed by atoms with Gasteiger partial charge in [0.05, 0.1) is 17.2 Å². The molecule has 0 aliphatic carbocycles. The predicted octanol–water partition coefficient (Wildman–Crippen LogP) is 2.25. The highest BCUT2D eigenvalue weighted by atomic mass is 16.6. The molecule has 0 bridgehead atoms. The molecule has 1 N–H and O–H groups in total. The van der Waals surface area contributed by atoms with Gasteiger partial charge in [-0.05, 0) is 25.1 Å². The van der Waals surface area contributed by atoms with E-state index in [1.165, 1.54) is 6.07 Å². The van der Waals surface area contributed by atoms with Crippen molar-refractivity contribution in [2.45, 2.75) is 13.5 Å². The van der Waals surface area contributed by atoms with Gasteiger partial charge in [-0.15, -0.1) is 0 Å². The third-order valence-corrected chi connectivity index (χ3v) is 2.64. The van der Waals surface area contributed by atoms with Crippen LogP contribution in [0.5, 0.6) is 0 Å². The Hall–Kier alpha value is -2.37. The Morgan fingerprint density at radius 2 is 2.22 bits per heavy atom. The molecular weight excluding hydrogens is 232 g/mol. The van der Waals surface area contributed by atoms with Gasteiger partial charge in [0.2, 0.25) is 0 Å². The Morgan fingerprint density at radius 1 is 1.44 bits per heavy atom. The number of nitro benzene ring substituents is 1. The van der Waals surface area contributed by atoms with Crippen LogP contribution in [-0.2, 0) is 13.6 Å². The first-order valence-corrected chi connectivity index (χ1v) is 5.53. The van der Waals surface area contributed by atoms with Gasteiger partial charge in [-0.1, -0.05) is 0 Å². The summed E-state index contributed by atoms with van der Waals surface area (Å²) in [4.78, 5) is 10.3. The highest BCUT2D eigenvalue weighted by Crippen LogP contribution is 2.21. The number of nitrogens with one attached hydrogen (secondary N) is 1. The first-order chi connectivity index (χ1) is 8.56. The van der Waals surface area contributed by atoms with Gasteiger partial charge in [0.1, 0.15) is 0 Å². The van der Waals surface area contributed by atoms with Gasteiger partial charge in [-0.3, -0.25) is 14.8 Å². The van der Waals surface area contributed by atoms with Crippen LogP contribution < -0.4 is 5.32 Å². The van der Waals surface area contributed by atoms with Crippen LogP contribution in [0.4, 0.5) is 11.4 Å². The van der Waals surface area contributed by atoms with Crippen molar-refractivity contribution < 1.29 is 4.92 Å². The number of rotatable bonds is 4. The minimum atomic E-state index is -0.377. The molecule has 6 heteroatoms. The molecule has 0 spiro atoms. The fourth-order valence-electron chi connectivity index (χ4n) is 1.72. The number of aryl methyl sites for hydroxylation is 2. The first-order valence-electron chi connectivity index (χ1n) is 5.53. The van der Waals surface area contributed by atoms with Crippen molar-refractivity contribution in [1.29, 1.82) is 0 Å². The second kappa shape index (κ2) is 4.87. The van der Waals surface area contributed by atoms with Crippen LogP contribution in [0.3, 0.4) is 0 Å². The highest BCUT2D eigenvalue weighted by Gasteiger charge is 2.09. The maximum absolute atomic E-state index is 10.7. The fourth-order valence-corrected chi connectivity index (χ4v) is 1.72. The summed E-state index contributed by atoms with van der Waals surface area (Å²) >= 11 is 0. The molecule has 0 saturated carbocycles. The molecule has 0 aliphatic heterocycles. The van der Waals surface area contributed by atoms with Crippen LogP contribution in [-0.4, -0.2) is 14.7 Å². The molecule has 2 aromatic rings. The van der Waals surface area contributed by atoms with Gasteiger partial charge in [-0.25, -0.2) is 0 Å². The van der Waals surface area contributed by atoms with E-state index >= 15 is 0 Å². The molecule has 0 radical (unpaired) electrons. The third kappa shape index (κ3) is 2.65. The Labute approximate surface area is 104 Å². The van der Waals surface area contributed by atoms with E-state index in [1.807, 2.05) is 19.3 Å². The molecule has 0 saturated heterocycles. The molecule has 1 aromatic carbocycles. The van der Waals surface area contributed by atoms with Crippen LogP contribution in [0.25, 0.3) is 0 Å². The monoisotopic (exact) mass is 246 g/mol. The van der Waals surface area contributed by atoms with Gasteiger partial charge in [0.25, 0.3) is 5.69 Å². The Kier molecular flexibility index (Phi) is 3.27. The van der Waals surface area contributed by atoms with Crippen LogP contribution in [0.1, 0.15) is 11.3 Å². The molecule has 6 nitrogen and oxygen atoms in total. The molecule has 0 unspecified atom stereocenters. The summed E-state index contributed by atoms with van der Waals surface area (Å²) in [6.45, 7) is 2.32. The summed E-state index contributed by atoms with van der Waals surface area (Å²) in [5, 5.41) is 18.1. The molecule has 0 atom stereocenters. The lowest BCUT2D eigenvalue weighted by atomic mass is 10.2. The molecule has 1 aromatic heterocycles. The van der Waals surface area contributed by atoms with Crippen molar-refractivity contribution in [2.24, 2.45) is 7.05 Å². The zero-order valence-electron chi connectivity index (χ0n) is 10.3. The van der Waals surface area contributed by atoms with Gasteiger partial charge in [-0.2, -0.15) is 5.10 Å². The minimum absolute atomic E-state index is 0.137. The van der Waals surface area contributed by atoms with Crippen molar-refractivity contribution in [2.75, 3.05) is 5.32 Å². The Morgan fingerprint density at radius 3 is 2.78 bits per heavy atom. The van der Waals surface area contributed by atoms with Crippen LogP contribution in [0, 0.1) is 17.0 Å². The van der Waals surface area contributed by atoms with E-state index < -0.39 is 0 Å². The fraction of sp³-hybridized carbons (Fsp3) is 0.250. The second-order valence-electron chi connectivity index (χ2n) is 4.09. The first kappa shape index (κ1) is 12.1. The average Bonchev–Trinajstić information content (AvgIpc) is 2.72. The second-order valence-corrected chi connectivity index (χ2v) is 4.09. The molecule has 94 valence electrons. The van der Waals surface area contributed by atoms with Crippen molar-refractivity contribution >= 4 is 11.4 Å². The van der Waals surface area contributed by atoms with Crippen molar-refractivity contribution in [3.63, 3.8) is 0 Å². The number of nitro groups is 1. The largest absolute Gasteiger partial charge is 0.379 e. The van der Waals surface area contributed by atoms with Gasteiger partial charge in [0.15, 0.2) is 0 Å². The smallest absolute Gasteiger partial charge is 0.272 e. The summed E-state index contributed by atoms with van der Waals surface area (Å²) in [6, 6.07) is 6.90. The molecule has 1 heterocycles. The normalized spacial score (nSPS) is 10.3. The number of hydrogen-bond acceptors (Lipinski definition) is 4. The number of aromatic nitrogens is 2.